The predicted molar refractivity (Wildman–Crippen MR) is 74.6 cm³/mol. The number of benzene rings is 1. The van der Waals surface area contributed by atoms with Gasteiger partial charge in [-0.05, 0) is 23.6 Å². The Balaban J connectivity index is 2.02. The van der Waals surface area contributed by atoms with Crippen LogP contribution in [0.4, 0.5) is 5.69 Å². The standard InChI is InChI=1S/C14H18BrNO/c1-2-3-4-5-12(15)10-6-7-13-11(8-10)9-14(17)16-13/h6-8,12H,2-5,9H2,1H3,(H,16,17). The molecule has 1 unspecified atom stereocenters. The van der Waals surface area contributed by atoms with Crippen LogP contribution in [0.15, 0.2) is 18.2 Å². The van der Waals surface area contributed by atoms with Crippen molar-refractivity contribution in [2.45, 2.75) is 43.9 Å². The summed E-state index contributed by atoms with van der Waals surface area (Å²) >= 11 is 3.73. The van der Waals surface area contributed by atoms with Crippen molar-refractivity contribution in [3.63, 3.8) is 0 Å². The topological polar surface area (TPSA) is 29.1 Å². The fourth-order valence-electron chi connectivity index (χ4n) is 2.18. The molecule has 1 amide bonds. The molecule has 2 nitrogen and oxygen atoms in total. The zero-order chi connectivity index (χ0) is 12.3. The largest absolute Gasteiger partial charge is 0.326 e. The van der Waals surface area contributed by atoms with Gasteiger partial charge in [-0.2, -0.15) is 0 Å². The smallest absolute Gasteiger partial charge is 0.228 e. The van der Waals surface area contributed by atoms with Crippen LogP contribution in [0.1, 0.15) is 48.6 Å². The molecule has 1 atom stereocenters. The molecule has 17 heavy (non-hydrogen) atoms. The molecule has 0 saturated heterocycles. The minimum absolute atomic E-state index is 0.106. The molecule has 1 N–H and O–H groups in total. The van der Waals surface area contributed by atoms with Crippen LogP contribution >= 0.6 is 15.9 Å². The maximum Gasteiger partial charge on any atom is 0.228 e. The molecule has 0 bridgehead atoms. The van der Waals surface area contributed by atoms with Gasteiger partial charge in [-0.25, -0.2) is 0 Å². The number of unbranched alkanes of at least 4 members (excludes halogenated alkanes) is 2. The number of halogens is 1. The van der Waals surface area contributed by atoms with Crippen molar-refractivity contribution in [2.24, 2.45) is 0 Å². The number of carbonyl (C=O) groups excluding carboxylic acids is 1. The van der Waals surface area contributed by atoms with Crippen molar-refractivity contribution in [1.82, 2.24) is 0 Å². The summed E-state index contributed by atoms with van der Waals surface area (Å²) in [4.78, 5) is 11.7. The molecular weight excluding hydrogens is 278 g/mol. The molecule has 0 aliphatic carbocycles. The summed E-state index contributed by atoms with van der Waals surface area (Å²) in [5.74, 6) is 0.106. The molecule has 0 saturated carbocycles. The summed E-state index contributed by atoms with van der Waals surface area (Å²) in [5.41, 5.74) is 3.40. The Labute approximate surface area is 111 Å². The summed E-state index contributed by atoms with van der Waals surface area (Å²) in [7, 11) is 0. The highest BCUT2D eigenvalue weighted by Gasteiger charge is 2.18. The van der Waals surface area contributed by atoms with Crippen molar-refractivity contribution < 1.29 is 4.79 Å². The molecule has 92 valence electrons. The van der Waals surface area contributed by atoms with E-state index in [0.717, 1.165) is 17.7 Å². The molecule has 0 aromatic heterocycles. The van der Waals surface area contributed by atoms with Crippen molar-refractivity contribution >= 4 is 27.5 Å². The second-order valence-corrected chi connectivity index (χ2v) is 5.71. The number of carbonyl (C=O) groups is 1. The lowest BCUT2D eigenvalue weighted by Crippen LogP contribution is -2.03. The molecule has 1 heterocycles. The van der Waals surface area contributed by atoms with E-state index in [1.54, 1.807) is 0 Å². The van der Waals surface area contributed by atoms with Crippen molar-refractivity contribution in [3.05, 3.63) is 29.3 Å². The zero-order valence-electron chi connectivity index (χ0n) is 10.1. The van der Waals surface area contributed by atoms with E-state index >= 15 is 0 Å². The van der Waals surface area contributed by atoms with E-state index in [2.05, 4.69) is 40.3 Å². The van der Waals surface area contributed by atoms with E-state index in [1.807, 2.05) is 6.07 Å². The average molecular weight is 296 g/mol. The number of anilines is 1. The van der Waals surface area contributed by atoms with E-state index < -0.39 is 0 Å². The minimum atomic E-state index is 0.106. The van der Waals surface area contributed by atoms with Gasteiger partial charge in [0.1, 0.15) is 0 Å². The number of fused-ring (bicyclic) bond motifs is 1. The second-order valence-electron chi connectivity index (χ2n) is 4.60. The van der Waals surface area contributed by atoms with Crippen molar-refractivity contribution in [1.29, 1.82) is 0 Å². The Morgan fingerprint density at radius 2 is 2.24 bits per heavy atom. The number of amides is 1. The van der Waals surface area contributed by atoms with Crippen molar-refractivity contribution in [2.75, 3.05) is 5.32 Å². The van der Waals surface area contributed by atoms with Crippen molar-refractivity contribution in [3.8, 4) is 0 Å². The van der Waals surface area contributed by atoms with Crippen LogP contribution in [-0.2, 0) is 11.2 Å². The van der Waals surface area contributed by atoms with Crippen LogP contribution < -0.4 is 5.32 Å². The Kier molecular flexibility index (Phi) is 4.21. The van der Waals surface area contributed by atoms with E-state index in [1.165, 1.54) is 24.8 Å². The van der Waals surface area contributed by atoms with Crippen LogP contribution in [-0.4, -0.2) is 5.91 Å². The van der Waals surface area contributed by atoms with Crippen LogP contribution in [0.3, 0.4) is 0 Å². The van der Waals surface area contributed by atoms with E-state index in [-0.39, 0.29) is 5.91 Å². The number of alkyl halides is 1. The van der Waals surface area contributed by atoms with Gasteiger partial charge in [-0.3, -0.25) is 4.79 Å². The van der Waals surface area contributed by atoms with Crippen LogP contribution in [0.25, 0.3) is 0 Å². The van der Waals surface area contributed by atoms with Gasteiger partial charge < -0.3 is 5.32 Å². The number of hydrogen-bond donors (Lipinski definition) is 1. The van der Waals surface area contributed by atoms with E-state index in [9.17, 15) is 4.79 Å². The lowest BCUT2D eigenvalue weighted by molar-refractivity contribution is -0.115. The molecule has 1 aliphatic heterocycles. The zero-order valence-corrected chi connectivity index (χ0v) is 11.7. The van der Waals surface area contributed by atoms with E-state index in [0.29, 0.717) is 11.2 Å². The molecule has 1 aromatic carbocycles. The number of nitrogens with one attached hydrogen (secondary N) is 1. The maximum absolute atomic E-state index is 11.3. The highest BCUT2D eigenvalue weighted by atomic mass is 79.9. The first kappa shape index (κ1) is 12.6. The van der Waals surface area contributed by atoms with Gasteiger partial charge in [0.25, 0.3) is 0 Å². The van der Waals surface area contributed by atoms with Crippen LogP contribution in [0.2, 0.25) is 0 Å². The first-order valence-electron chi connectivity index (χ1n) is 6.27. The third kappa shape index (κ3) is 3.09. The fourth-order valence-corrected chi connectivity index (χ4v) is 2.79. The molecule has 1 aliphatic rings. The van der Waals surface area contributed by atoms with Gasteiger partial charge in [-0.15, -0.1) is 0 Å². The lowest BCUT2D eigenvalue weighted by atomic mass is 10.0. The first-order chi connectivity index (χ1) is 8.20. The van der Waals surface area contributed by atoms with Crippen LogP contribution in [0.5, 0.6) is 0 Å². The van der Waals surface area contributed by atoms with E-state index in [4.69, 9.17) is 0 Å². The Bertz CT molecular complexity index is 417. The molecule has 2 rings (SSSR count). The maximum atomic E-state index is 11.3. The summed E-state index contributed by atoms with van der Waals surface area (Å²) in [5, 5.41) is 2.86. The SMILES string of the molecule is CCCCCC(Br)c1ccc2c(c1)CC(=O)N2. The van der Waals surface area contributed by atoms with Gasteiger partial charge in [0.15, 0.2) is 0 Å². The van der Waals surface area contributed by atoms with Gasteiger partial charge >= 0.3 is 0 Å². The molecule has 3 heteroatoms. The average Bonchev–Trinajstić information content (AvgIpc) is 2.68. The number of hydrogen-bond acceptors (Lipinski definition) is 1. The van der Waals surface area contributed by atoms with Gasteiger partial charge in [0.05, 0.1) is 6.42 Å². The number of rotatable bonds is 5. The van der Waals surface area contributed by atoms with Gasteiger partial charge in [-0.1, -0.05) is 54.2 Å². The second kappa shape index (κ2) is 5.67. The lowest BCUT2D eigenvalue weighted by Gasteiger charge is -2.11. The quantitative estimate of drug-likeness (QED) is 0.640. The molecule has 0 radical (unpaired) electrons. The minimum Gasteiger partial charge on any atom is -0.326 e. The van der Waals surface area contributed by atoms with Crippen LogP contribution in [0, 0.1) is 0 Å². The highest BCUT2D eigenvalue weighted by Crippen LogP contribution is 2.32. The molecule has 0 fully saturated rings. The molecule has 1 aromatic rings. The normalized spacial score (nSPS) is 15.5. The fraction of sp³-hybridized carbons (Fsp3) is 0.500. The molecular formula is C14H18BrNO. The predicted octanol–water partition coefficient (Wildman–Crippen LogP) is 4.20. The monoisotopic (exact) mass is 295 g/mol. The summed E-state index contributed by atoms with van der Waals surface area (Å²) in [6.07, 6.45) is 5.47. The Hall–Kier alpha value is -0.830. The first-order valence-corrected chi connectivity index (χ1v) is 7.19. The summed E-state index contributed by atoms with van der Waals surface area (Å²) in [6, 6.07) is 6.28. The Morgan fingerprint density at radius 1 is 1.41 bits per heavy atom. The third-order valence-electron chi connectivity index (χ3n) is 3.18. The highest BCUT2D eigenvalue weighted by molar-refractivity contribution is 9.09. The summed E-state index contributed by atoms with van der Waals surface area (Å²) < 4.78 is 0. The Morgan fingerprint density at radius 3 is 3.00 bits per heavy atom. The summed E-state index contributed by atoms with van der Waals surface area (Å²) in [6.45, 7) is 2.22. The van der Waals surface area contributed by atoms with Gasteiger partial charge in [0, 0.05) is 10.5 Å². The van der Waals surface area contributed by atoms with Gasteiger partial charge in [0.2, 0.25) is 5.91 Å². The molecule has 0 spiro atoms. The third-order valence-corrected chi connectivity index (χ3v) is 4.16.